The number of ether oxygens (including phenoxy) is 2. The minimum absolute atomic E-state index is 0.0705. The van der Waals surface area contributed by atoms with Crippen molar-refractivity contribution in [3.63, 3.8) is 0 Å². The Morgan fingerprint density at radius 1 is 1.13 bits per heavy atom. The van der Waals surface area contributed by atoms with Crippen molar-refractivity contribution in [1.29, 1.82) is 0 Å². The van der Waals surface area contributed by atoms with Gasteiger partial charge in [0.25, 0.3) is 0 Å². The van der Waals surface area contributed by atoms with E-state index in [-0.39, 0.29) is 36.5 Å². The molecule has 3 saturated heterocycles. The molecule has 0 saturated carbocycles. The van der Waals surface area contributed by atoms with Crippen LogP contribution in [-0.2, 0) is 25.5 Å². The molecule has 3 aliphatic heterocycles. The Kier molecular flexibility index (Phi) is 7.35. The van der Waals surface area contributed by atoms with Gasteiger partial charge in [0.2, 0.25) is 11.8 Å². The number of aromatic nitrogens is 1. The lowest BCUT2D eigenvalue weighted by molar-refractivity contribution is -0.132. The monoisotopic (exact) mass is 436 g/mol. The number of hydrogen-bond donors (Lipinski definition) is 1. The fourth-order valence-electron chi connectivity index (χ4n) is 4.40. The Morgan fingerprint density at radius 3 is 2.40 bits per heavy atom. The molecule has 3 fully saturated rings. The Morgan fingerprint density at radius 2 is 1.80 bits per heavy atom. The van der Waals surface area contributed by atoms with Crippen molar-refractivity contribution in [3.05, 3.63) is 16.1 Å². The van der Waals surface area contributed by atoms with Crippen LogP contribution in [0.25, 0.3) is 0 Å². The maximum atomic E-state index is 12.8. The molecule has 30 heavy (non-hydrogen) atoms. The summed E-state index contributed by atoms with van der Waals surface area (Å²) in [7, 11) is 0. The van der Waals surface area contributed by atoms with Gasteiger partial charge in [-0.3, -0.25) is 14.5 Å². The molecule has 2 amide bonds. The lowest BCUT2D eigenvalue weighted by Gasteiger charge is -2.24. The number of aryl methyl sites for hydroxylation is 1. The van der Waals surface area contributed by atoms with E-state index in [4.69, 9.17) is 9.47 Å². The molecule has 166 valence electrons. The third kappa shape index (κ3) is 5.78. The molecule has 2 atom stereocenters. The number of nitrogens with zero attached hydrogens (tertiary/aromatic N) is 3. The fraction of sp³-hybridized carbons (Fsp3) is 0.762. The van der Waals surface area contributed by atoms with Gasteiger partial charge in [-0.05, 0) is 32.9 Å². The van der Waals surface area contributed by atoms with Gasteiger partial charge in [-0.15, -0.1) is 11.3 Å². The summed E-state index contributed by atoms with van der Waals surface area (Å²) in [5, 5.41) is 5.86. The molecular formula is C21H32N4O4S. The van der Waals surface area contributed by atoms with Gasteiger partial charge in [-0.1, -0.05) is 12.8 Å². The first kappa shape index (κ1) is 21.7. The van der Waals surface area contributed by atoms with Crippen molar-refractivity contribution in [2.45, 2.75) is 57.3 Å². The lowest BCUT2D eigenvalue weighted by Crippen LogP contribution is -2.43. The summed E-state index contributed by atoms with van der Waals surface area (Å²) >= 11 is 1.55. The number of likely N-dealkylation sites (tertiary alicyclic amines) is 2. The van der Waals surface area contributed by atoms with Crippen molar-refractivity contribution in [3.8, 4) is 0 Å². The summed E-state index contributed by atoms with van der Waals surface area (Å²) in [5.74, 6) is 0.0967. The minimum Gasteiger partial charge on any atom is -0.371 e. The second kappa shape index (κ2) is 10.2. The average molecular weight is 437 g/mol. The Bertz CT molecular complexity index is 718. The number of rotatable bonds is 5. The van der Waals surface area contributed by atoms with Crippen LogP contribution in [0.1, 0.15) is 36.4 Å². The number of nitrogens with one attached hydrogen (secondary N) is 1. The Labute approximate surface area is 181 Å². The molecule has 8 nitrogen and oxygen atoms in total. The van der Waals surface area contributed by atoms with Crippen molar-refractivity contribution in [1.82, 2.24) is 20.1 Å². The molecule has 3 aliphatic rings. The van der Waals surface area contributed by atoms with Gasteiger partial charge in [0.05, 0.1) is 42.9 Å². The third-order valence-electron chi connectivity index (χ3n) is 6.02. The van der Waals surface area contributed by atoms with Gasteiger partial charge >= 0.3 is 0 Å². The Hall–Kier alpha value is -1.55. The highest BCUT2D eigenvalue weighted by atomic mass is 32.1. The highest BCUT2D eigenvalue weighted by molar-refractivity contribution is 7.09. The van der Waals surface area contributed by atoms with Gasteiger partial charge in [-0.2, -0.15) is 0 Å². The summed E-state index contributed by atoms with van der Waals surface area (Å²) in [6, 6.07) is -0.177. The summed E-state index contributed by atoms with van der Waals surface area (Å²) in [6.45, 7) is 6.39. The molecule has 0 bridgehead atoms. The fourth-order valence-corrected chi connectivity index (χ4v) is 5.01. The zero-order valence-corrected chi connectivity index (χ0v) is 18.5. The standard InChI is InChI=1S/C21H32N4O4S/c1-15-22-16(14-30-15)8-20(26)23-17-12-28-18-9-25(10-19(18)29-13-17)21(27)11-24-6-4-2-3-5-7-24/h14,17-19H,2-13H2,1H3,(H,23,26)/t18-,19-/m0/s1. The molecule has 1 aromatic heterocycles. The molecule has 1 aromatic rings. The van der Waals surface area contributed by atoms with Crippen LogP contribution in [0.15, 0.2) is 5.38 Å². The molecule has 0 radical (unpaired) electrons. The van der Waals surface area contributed by atoms with Crippen LogP contribution in [0.4, 0.5) is 0 Å². The SMILES string of the molecule is Cc1nc(CC(=O)NC2CO[C@H]3CN(C(=O)CN4CCCCCC4)C[C@@H]3OC2)cs1. The van der Waals surface area contributed by atoms with E-state index in [9.17, 15) is 9.59 Å². The molecule has 0 spiro atoms. The Balaban J connectivity index is 1.21. The number of thiazole rings is 1. The molecule has 4 rings (SSSR count). The van der Waals surface area contributed by atoms with Gasteiger partial charge in [-0.25, -0.2) is 4.98 Å². The molecule has 9 heteroatoms. The summed E-state index contributed by atoms with van der Waals surface area (Å²) in [6.07, 6.45) is 4.91. The van der Waals surface area contributed by atoms with Crippen LogP contribution >= 0.6 is 11.3 Å². The van der Waals surface area contributed by atoms with E-state index in [0.717, 1.165) is 23.8 Å². The van der Waals surface area contributed by atoms with Crippen LogP contribution < -0.4 is 5.32 Å². The topological polar surface area (TPSA) is 84.0 Å². The van der Waals surface area contributed by atoms with Gasteiger partial charge in [0.1, 0.15) is 12.2 Å². The summed E-state index contributed by atoms with van der Waals surface area (Å²) in [5.41, 5.74) is 0.792. The molecule has 4 heterocycles. The quantitative estimate of drug-likeness (QED) is 0.741. The van der Waals surface area contributed by atoms with E-state index in [0.29, 0.717) is 32.8 Å². The largest absolute Gasteiger partial charge is 0.371 e. The van der Waals surface area contributed by atoms with E-state index in [1.54, 1.807) is 11.3 Å². The van der Waals surface area contributed by atoms with Crippen LogP contribution in [0.5, 0.6) is 0 Å². The van der Waals surface area contributed by atoms with Crippen LogP contribution in [0, 0.1) is 6.92 Å². The zero-order chi connectivity index (χ0) is 20.9. The van der Waals surface area contributed by atoms with E-state index in [2.05, 4.69) is 15.2 Å². The molecule has 0 unspecified atom stereocenters. The first-order valence-corrected chi connectivity index (χ1v) is 11.9. The molecule has 1 N–H and O–H groups in total. The van der Waals surface area contributed by atoms with E-state index in [1.165, 1.54) is 25.7 Å². The molecular weight excluding hydrogens is 404 g/mol. The zero-order valence-electron chi connectivity index (χ0n) is 17.7. The second-order valence-electron chi connectivity index (χ2n) is 8.53. The molecule has 0 aliphatic carbocycles. The first-order chi connectivity index (χ1) is 14.6. The van der Waals surface area contributed by atoms with E-state index in [1.807, 2.05) is 17.2 Å². The third-order valence-corrected chi connectivity index (χ3v) is 6.84. The predicted octanol–water partition coefficient (Wildman–Crippen LogP) is 0.981. The minimum atomic E-state index is -0.177. The van der Waals surface area contributed by atoms with Crippen LogP contribution in [0.3, 0.4) is 0 Å². The summed E-state index contributed by atoms with van der Waals surface area (Å²) < 4.78 is 12.0. The van der Waals surface area contributed by atoms with Crippen molar-refractivity contribution >= 4 is 23.2 Å². The number of carbonyl (C=O) groups excluding carboxylic acids is 2. The van der Waals surface area contributed by atoms with Gasteiger partial charge in [0.15, 0.2) is 0 Å². The highest BCUT2D eigenvalue weighted by Crippen LogP contribution is 2.21. The average Bonchev–Trinajstić information content (AvgIpc) is 3.15. The second-order valence-corrected chi connectivity index (χ2v) is 9.59. The number of carbonyl (C=O) groups is 2. The van der Waals surface area contributed by atoms with E-state index >= 15 is 0 Å². The van der Waals surface area contributed by atoms with Crippen molar-refractivity contribution < 1.29 is 19.1 Å². The molecule has 0 aromatic carbocycles. The highest BCUT2D eigenvalue weighted by Gasteiger charge is 2.39. The number of hydrogen-bond acceptors (Lipinski definition) is 7. The van der Waals surface area contributed by atoms with Crippen molar-refractivity contribution in [2.75, 3.05) is 45.9 Å². The smallest absolute Gasteiger partial charge is 0.236 e. The number of fused-ring (bicyclic) bond motifs is 1. The van der Waals surface area contributed by atoms with E-state index < -0.39 is 0 Å². The van der Waals surface area contributed by atoms with Gasteiger partial charge < -0.3 is 19.7 Å². The van der Waals surface area contributed by atoms with Crippen LogP contribution in [0.2, 0.25) is 0 Å². The maximum Gasteiger partial charge on any atom is 0.236 e. The van der Waals surface area contributed by atoms with Crippen LogP contribution in [-0.4, -0.2) is 90.8 Å². The normalized spacial score (nSPS) is 26.1. The van der Waals surface area contributed by atoms with Gasteiger partial charge in [0, 0.05) is 18.5 Å². The predicted molar refractivity (Wildman–Crippen MR) is 113 cm³/mol. The first-order valence-electron chi connectivity index (χ1n) is 11.0. The summed E-state index contributed by atoms with van der Waals surface area (Å²) in [4.78, 5) is 33.5. The van der Waals surface area contributed by atoms with Crippen molar-refractivity contribution in [2.24, 2.45) is 0 Å². The number of amides is 2. The maximum absolute atomic E-state index is 12.8. The lowest BCUT2D eigenvalue weighted by atomic mass is 10.2.